The van der Waals surface area contributed by atoms with E-state index in [2.05, 4.69) is 10.3 Å². The molecule has 6 nitrogen and oxygen atoms in total. The van der Waals surface area contributed by atoms with Gasteiger partial charge in [0.1, 0.15) is 17.9 Å². The summed E-state index contributed by atoms with van der Waals surface area (Å²) in [5.41, 5.74) is 1.83. The SMILES string of the molecule is CC(C)(C)[C@@](Cc1ccccc1)(NC(=O)c1ccc2c(c1)OCc1cnccc1-2)C(=O)O. The molecule has 0 fully saturated rings. The summed E-state index contributed by atoms with van der Waals surface area (Å²) in [5, 5.41) is 13.1. The lowest BCUT2D eigenvalue weighted by Crippen LogP contribution is -2.63. The number of ether oxygens (including phenoxy) is 1. The van der Waals surface area contributed by atoms with Crippen LogP contribution in [0, 0.1) is 5.41 Å². The van der Waals surface area contributed by atoms with Crippen LogP contribution in [0.2, 0.25) is 0 Å². The van der Waals surface area contributed by atoms with Crippen molar-refractivity contribution in [3.63, 3.8) is 0 Å². The van der Waals surface area contributed by atoms with Crippen molar-refractivity contribution < 1.29 is 19.4 Å². The van der Waals surface area contributed by atoms with E-state index in [1.807, 2.05) is 63.2 Å². The van der Waals surface area contributed by atoms with Crippen LogP contribution in [0.4, 0.5) is 0 Å². The minimum atomic E-state index is -1.50. The zero-order chi connectivity index (χ0) is 22.9. The van der Waals surface area contributed by atoms with Crippen LogP contribution in [0.3, 0.4) is 0 Å². The summed E-state index contributed by atoms with van der Waals surface area (Å²) in [4.78, 5) is 30.0. The summed E-state index contributed by atoms with van der Waals surface area (Å²) in [7, 11) is 0. The van der Waals surface area contributed by atoms with Crippen LogP contribution in [-0.4, -0.2) is 27.5 Å². The molecular weight excluding hydrogens is 404 g/mol. The molecule has 0 saturated heterocycles. The van der Waals surface area contributed by atoms with E-state index < -0.39 is 22.8 Å². The fourth-order valence-corrected chi connectivity index (χ4v) is 4.08. The molecule has 0 spiro atoms. The van der Waals surface area contributed by atoms with Crippen molar-refractivity contribution in [3.05, 3.63) is 83.7 Å². The molecule has 3 aromatic rings. The fourth-order valence-electron chi connectivity index (χ4n) is 4.08. The van der Waals surface area contributed by atoms with Gasteiger partial charge in [0.15, 0.2) is 0 Å². The molecule has 1 atom stereocenters. The van der Waals surface area contributed by atoms with Gasteiger partial charge in [-0.25, -0.2) is 4.79 Å². The topological polar surface area (TPSA) is 88.5 Å². The molecule has 1 aromatic heterocycles. The Bertz CT molecular complexity index is 1170. The van der Waals surface area contributed by atoms with E-state index in [0.717, 1.165) is 22.3 Å². The normalized spacial score (nSPS) is 14.3. The van der Waals surface area contributed by atoms with Gasteiger partial charge in [0.25, 0.3) is 5.91 Å². The predicted molar refractivity (Wildman–Crippen MR) is 121 cm³/mol. The number of carbonyl (C=O) groups is 2. The number of hydrogen-bond donors (Lipinski definition) is 2. The van der Waals surface area contributed by atoms with Gasteiger partial charge in [0.05, 0.1) is 0 Å². The highest BCUT2D eigenvalue weighted by molar-refractivity contribution is 5.99. The van der Waals surface area contributed by atoms with E-state index in [4.69, 9.17) is 4.74 Å². The highest BCUT2D eigenvalue weighted by Crippen LogP contribution is 2.38. The van der Waals surface area contributed by atoms with Crippen LogP contribution in [0.5, 0.6) is 5.75 Å². The zero-order valence-corrected chi connectivity index (χ0v) is 18.4. The number of rotatable bonds is 5. The first kappa shape index (κ1) is 21.6. The molecule has 6 heteroatoms. The Hall–Kier alpha value is -3.67. The van der Waals surface area contributed by atoms with Crippen molar-refractivity contribution in [1.29, 1.82) is 0 Å². The van der Waals surface area contributed by atoms with Crippen LogP contribution in [0.1, 0.15) is 42.3 Å². The van der Waals surface area contributed by atoms with E-state index >= 15 is 0 Å². The average molecular weight is 431 g/mol. The number of amides is 1. The van der Waals surface area contributed by atoms with E-state index in [9.17, 15) is 14.7 Å². The lowest BCUT2D eigenvalue weighted by molar-refractivity contribution is -0.149. The smallest absolute Gasteiger partial charge is 0.330 e. The molecule has 0 bridgehead atoms. The number of carbonyl (C=O) groups excluding carboxylic acids is 1. The Morgan fingerprint density at radius 2 is 1.81 bits per heavy atom. The monoisotopic (exact) mass is 430 g/mol. The van der Waals surface area contributed by atoms with Crippen LogP contribution < -0.4 is 10.1 Å². The van der Waals surface area contributed by atoms with Crippen LogP contribution >= 0.6 is 0 Å². The van der Waals surface area contributed by atoms with Crippen LogP contribution in [0.25, 0.3) is 11.1 Å². The number of hydrogen-bond acceptors (Lipinski definition) is 4. The maximum absolute atomic E-state index is 13.3. The van der Waals surface area contributed by atoms with Gasteiger partial charge in [-0.2, -0.15) is 0 Å². The predicted octanol–water partition coefficient (Wildman–Crippen LogP) is 4.48. The van der Waals surface area contributed by atoms with E-state index in [1.54, 1.807) is 24.5 Å². The molecule has 2 N–H and O–H groups in total. The summed E-state index contributed by atoms with van der Waals surface area (Å²) < 4.78 is 5.84. The first-order valence-electron chi connectivity index (χ1n) is 10.5. The Morgan fingerprint density at radius 3 is 2.50 bits per heavy atom. The summed E-state index contributed by atoms with van der Waals surface area (Å²) in [6.45, 7) is 5.85. The van der Waals surface area contributed by atoms with E-state index in [1.165, 1.54) is 0 Å². The number of nitrogens with one attached hydrogen (secondary N) is 1. The van der Waals surface area contributed by atoms with Gasteiger partial charge in [-0.05, 0) is 40.8 Å². The number of aliphatic carboxylic acids is 1. The van der Waals surface area contributed by atoms with Crippen molar-refractivity contribution in [2.24, 2.45) is 5.41 Å². The second-order valence-corrected chi connectivity index (χ2v) is 9.11. The number of benzene rings is 2. The largest absolute Gasteiger partial charge is 0.488 e. The average Bonchev–Trinajstić information content (AvgIpc) is 2.77. The third kappa shape index (κ3) is 3.84. The minimum Gasteiger partial charge on any atom is -0.488 e. The van der Waals surface area contributed by atoms with Crippen molar-refractivity contribution in [3.8, 4) is 16.9 Å². The van der Waals surface area contributed by atoms with Crippen LogP contribution in [-0.2, 0) is 17.8 Å². The van der Waals surface area contributed by atoms with Crippen LogP contribution in [0.15, 0.2) is 67.0 Å². The molecule has 164 valence electrons. The lowest BCUT2D eigenvalue weighted by Gasteiger charge is -2.42. The van der Waals surface area contributed by atoms with Gasteiger partial charge in [0, 0.05) is 35.5 Å². The molecule has 0 radical (unpaired) electrons. The van der Waals surface area contributed by atoms with Gasteiger partial charge >= 0.3 is 5.97 Å². The second-order valence-electron chi connectivity index (χ2n) is 9.11. The molecule has 2 heterocycles. The standard InChI is InChI=1S/C26H26N2O4/c1-25(2,3)26(24(30)31,14-17-7-5-4-6-8-17)28-23(29)18-9-10-21-20-11-12-27-15-19(20)16-32-22(21)13-18/h4-13,15H,14,16H2,1-3H3,(H,28,29)(H,30,31)/t26-/m0/s1. The maximum Gasteiger partial charge on any atom is 0.330 e. The van der Waals surface area contributed by atoms with Gasteiger partial charge in [-0.15, -0.1) is 0 Å². The van der Waals surface area contributed by atoms with Gasteiger partial charge in [-0.1, -0.05) is 51.1 Å². The van der Waals surface area contributed by atoms with E-state index in [0.29, 0.717) is 17.9 Å². The van der Waals surface area contributed by atoms with Gasteiger partial charge in [-0.3, -0.25) is 9.78 Å². The molecule has 0 unspecified atom stereocenters. The van der Waals surface area contributed by atoms with Gasteiger partial charge in [0.2, 0.25) is 0 Å². The van der Waals surface area contributed by atoms with Crippen molar-refractivity contribution in [2.75, 3.05) is 0 Å². The fraction of sp³-hybridized carbons (Fsp3) is 0.269. The number of carboxylic acid groups (broad SMARTS) is 1. The van der Waals surface area contributed by atoms with Crippen molar-refractivity contribution in [2.45, 2.75) is 39.3 Å². The number of carboxylic acids is 1. The highest BCUT2D eigenvalue weighted by atomic mass is 16.5. The molecule has 4 rings (SSSR count). The minimum absolute atomic E-state index is 0.167. The Morgan fingerprint density at radius 1 is 1.06 bits per heavy atom. The Balaban J connectivity index is 1.68. The molecule has 32 heavy (non-hydrogen) atoms. The first-order valence-corrected chi connectivity index (χ1v) is 10.5. The molecule has 0 saturated carbocycles. The van der Waals surface area contributed by atoms with Crippen molar-refractivity contribution in [1.82, 2.24) is 10.3 Å². The second kappa shape index (κ2) is 8.11. The number of pyridine rings is 1. The summed E-state index contributed by atoms with van der Waals surface area (Å²) in [6, 6.07) is 16.5. The third-order valence-corrected chi connectivity index (χ3v) is 6.11. The first-order chi connectivity index (χ1) is 15.2. The molecule has 1 aliphatic heterocycles. The third-order valence-electron chi connectivity index (χ3n) is 6.11. The lowest BCUT2D eigenvalue weighted by atomic mass is 9.70. The quantitative estimate of drug-likeness (QED) is 0.623. The van der Waals surface area contributed by atoms with Crippen molar-refractivity contribution >= 4 is 11.9 Å². The maximum atomic E-state index is 13.3. The molecular formula is C26H26N2O4. The molecule has 1 aliphatic rings. The zero-order valence-electron chi connectivity index (χ0n) is 18.4. The number of fused-ring (bicyclic) bond motifs is 3. The Kier molecular flexibility index (Phi) is 5.46. The summed E-state index contributed by atoms with van der Waals surface area (Å²) >= 11 is 0. The molecule has 2 aromatic carbocycles. The summed E-state index contributed by atoms with van der Waals surface area (Å²) in [6.07, 6.45) is 3.66. The highest BCUT2D eigenvalue weighted by Gasteiger charge is 2.50. The summed E-state index contributed by atoms with van der Waals surface area (Å²) in [5.74, 6) is -0.931. The molecule has 0 aliphatic carbocycles. The Labute approximate surface area is 187 Å². The van der Waals surface area contributed by atoms with E-state index in [-0.39, 0.29) is 6.42 Å². The molecule has 1 amide bonds. The number of nitrogens with zero attached hydrogens (tertiary/aromatic N) is 1. The number of aromatic nitrogens is 1. The van der Waals surface area contributed by atoms with Gasteiger partial charge < -0.3 is 15.2 Å².